The van der Waals surface area contributed by atoms with E-state index in [-0.39, 0.29) is 5.97 Å². The average Bonchev–Trinajstić information content (AvgIpc) is 2.20. The Morgan fingerprint density at radius 2 is 2.21 bits per heavy atom. The first kappa shape index (κ1) is 11.9. The predicted octanol–water partition coefficient (Wildman–Crippen LogP) is 1.42. The normalized spacial score (nSPS) is 18.1. The molecule has 0 aromatic carbocycles. The first-order chi connectivity index (χ1) is 6.83. The van der Waals surface area contributed by atoms with Gasteiger partial charge in [0.15, 0.2) is 0 Å². The van der Waals surface area contributed by atoms with Gasteiger partial charge in [-0.15, -0.1) is 0 Å². The summed E-state index contributed by atoms with van der Waals surface area (Å²) in [6.45, 7) is 3.08. The van der Waals surface area contributed by atoms with Crippen LogP contribution in [-0.4, -0.2) is 36.7 Å². The quantitative estimate of drug-likeness (QED) is 0.707. The van der Waals surface area contributed by atoms with E-state index >= 15 is 0 Å². The fourth-order valence-corrected chi connectivity index (χ4v) is 2.62. The summed E-state index contributed by atoms with van der Waals surface area (Å²) in [5.41, 5.74) is 0. The molecular weight excluding hydrogens is 198 g/mol. The minimum Gasteiger partial charge on any atom is -0.466 e. The summed E-state index contributed by atoms with van der Waals surface area (Å²) in [6.07, 6.45) is 2.96. The summed E-state index contributed by atoms with van der Waals surface area (Å²) in [5, 5.41) is 3.40. The zero-order valence-electron chi connectivity index (χ0n) is 8.75. The number of ether oxygens (including phenoxy) is 1. The van der Waals surface area contributed by atoms with Crippen molar-refractivity contribution >= 4 is 17.7 Å². The molecule has 0 amide bonds. The van der Waals surface area contributed by atoms with E-state index in [9.17, 15) is 4.79 Å². The highest BCUT2D eigenvalue weighted by molar-refractivity contribution is 7.99. The van der Waals surface area contributed by atoms with Crippen molar-refractivity contribution in [2.45, 2.75) is 32.2 Å². The molecule has 0 aromatic rings. The highest BCUT2D eigenvalue weighted by atomic mass is 32.2. The van der Waals surface area contributed by atoms with Crippen LogP contribution in [0.25, 0.3) is 0 Å². The molecule has 1 aliphatic rings. The SMILES string of the molecule is CCOC(=O)CCNC1CCSCC1. The Balaban J connectivity index is 1.99. The Kier molecular flexibility index (Phi) is 6.03. The lowest BCUT2D eigenvalue weighted by atomic mass is 10.1. The van der Waals surface area contributed by atoms with Crippen molar-refractivity contribution < 1.29 is 9.53 Å². The Hall–Kier alpha value is -0.220. The van der Waals surface area contributed by atoms with Crippen LogP contribution in [0, 0.1) is 0 Å². The van der Waals surface area contributed by atoms with Gasteiger partial charge in [-0.2, -0.15) is 11.8 Å². The second kappa shape index (κ2) is 7.12. The van der Waals surface area contributed by atoms with Crippen molar-refractivity contribution in [3.05, 3.63) is 0 Å². The molecule has 4 heteroatoms. The van der Waals surface area contributed by atoms with Gasteiger partial charge in [-0.3, -0.25) is 4.79 Å². The number of nitrogens with one attached hydrogen (secondary N) is 1. The van der Waals surface area contributed by atoms with Gasteiger partial charge in [-0.1, -0.05) is 0 Å². The summed E-state index contributed by atoms with van der Waals surface area (Å²) in [6, 6.07) is 0.616. The number of rotatable bonds is 5. The standard InChI is InChI=1S/C10H19NO2S/c1-2-13-10(12)3-6-11-9-4-7-14-8-5-9/h9,11H,2-8H2,1H3. The Labute approximate surface area is 90.0 Å². The van der Waals surface area contributed by atoms with Crippen molar-refractivity contribution in [3.63, 3.8) is 0 Å². The van der Waals surface area contributed by atoms with Crippen molar-refractivity contribution in [2.75, 3.05) is 24.7 Å². The van der Waals surface area contributed by atoms with Crippen molar-refractivity contribution in [1.29, 1.82) is 0 Å². The number of carbonyl (C=O) groups is 1. The largest absolute Gasteiger partial charge is 0.466 e. The fraction of sp³-hybridized carbons (Fsp3) is 0.900. The Morgan fingerprint density at radius 3 is 2.86 bits per heavy atom. The van der Waals surface area contributed by atoms with Crippen molar-refractivity contribution in [2.24, 2.45) is 0 Å². The van der Waals surface area contributed by atoms with Gasteiger partial charge in [-0.05, 0) is 31.3 Å². The molecule has 1 heterocycles. The first-order valence-electron chi connectivity index (χ1n) is 5.29. The van der Waals surface area contributed by atoms with Crippen LogP contribution in [0.4, 0.5) is 0 Å². The van der Waals surface area contributed by atoms with E-state index in [0.717, 1.165) is 6.54 Å². The topological polar surface area (TPSA) is 38.3 Å². The zero-order chi connectivity index (χ0) is 10.2. The van der Waals surface area contributed by atoms with E-state index in [2.05, 4.69) is 5.32 Å². The maximum absolute atomic E-state index is 11.0. The molecule has 0 aliphatic carbocycles. The van der Waals surface area contributed by atoms with Crippen LogP contribution in [0.3, 0.4) is 0 Å². The van der Waals surface area contributed by atoms with Crippen LogP contribution in [-0.2, 0) is 9.53 Å². The number of hydrogen-bond donors (Lipinski definition) is 1. The van der Waals surface area contributed by atoms with Gasteiger partial charge in [0.2, 0.25) is 0 Å². The van der Waals surface area contributed by atoms with Crippen LogP contribution in [0.15, 0.2) is 0 Å². The summed E-state index contributed by atoms with van der Waals surface area (Å²) < 4.78 is 4.85. The van der Waals surface area contributed by atoms with Crippen molar-refractivity contribution in [1.82, 2.24) is 5.32 Å². The molecule has 0 spiro atoms. The molecule has 3 nitrogen and oxygen atoms in total. The second-order valence-corrected chi connectivity index (χ2v) is 4.62. The fourth-order valence-electron chi connectivity index (χ4n) is 1.51. The highest BCUT2D eigenvalue weighted by Crippen LogP contribution is 2.16. The molecule has 1 fully saturated rings. The van der Waals surface area contributed by atoms with E-state index in [4.69, 9.17) is 4.74 Å². The van der Waals surface area contributed by atoms with Crippen LogP contribution in [0.5, 0.6) is 0 Å². The monoisotopic (exact) mass is 217 g/mol. The average molecular weight is 217 g/mol. The van der Waals surface area contributed by atoms with Crippen LogP contribution >= 0.6 is 11.8 Å². The lowest BCUT2D eigenvalue weighted by Crippen LogP contribution is -2.34. The molecule has 1 rings (SSSR count). The second-order valence-electron chi connectivity index (χ2n) is 3.40. The van der Waals surface area contributed by atoms with E-state index in [1.165, 1.54) is 24.3 Å². The lowest BCUT2D eigenvalue weighted by Gasteiger charge is -2.22. The van der Waals surface area contributed by atoms with Gasteiger partial charge < -0.3 is 10.1 Å². The number of hydrogen-bond acceptors (Lipinski definition) is 4. The van der Waals surface area contributed by atoms with Gasteiger partial charge in [0.25, 0.3) is 0 Å². The minimum absolute atomic E-state index is 0.0924. The van der Waals surface area contributed by atoms with Gasteiger partial charge in [0, 0.05) is 12.6 Å². The summed E-state index contributed by atoms with van der Waals surface area (Å²) in [7, 11) is 0. The summed E-state index contributed by atoms with van der Waals surface area (Å²) in [4.78, 5) is 11.0. The van der Waals surface area contributed by atoms with Crippen molar-refractivity contribution in [3.8, 4) is 0 Å². The van der Waals surface area contributed by atoms with E-state index in [1.54, 1.807) is 0 Å². The minimum atomic E-state index is -0.0924. The molecule has 0 unspecified atom stereocenters. The zero-order valence-corrected chi connectivity index (χ0v) is 9.57. The van der Waals surface area contributed by atoms with Gasteiger partial charge >= 0.3 is 5.97 Å². The van der Waals surface area contributed by atoms with Crippen LogP contribution in [0.1, 0.15) is 26.2 Å². The number of thioether (sulfide) groups is 1. The van der Waals surface area contributed by atoms with E-state index < -0.39 is 0 Å². The smallest absolute Gasteiger partial charge is 0.307 e. The first-order valence-corrected chi connectivity index (χ1v) is 6.45. The maximum Gasteiger partial charge on any atom is 0.307 e. The molecule has 1 saturated heterocycles. The molecule has 1 aliphatic heterocycles. The number of esters is 1. The summed E-state index contributed by atoms with van der Waals surface area (Å²) in [5.74, 6) is 2.40. The Morgan fingerprint density at radius 1 is 1.50 bits per heavy atom. The van der Waals surface area contributed by atoms with Crippen LogP contribution < -0.4 is 5.32 Å². The van der Waals surface area contributed by atoms with E-state index in [1.807, 2.05) is 18.7 Å². The molecule has 0 saturated carbocycles. The molecule has 14 heavy (non-hydrogen) atoms. The Bertz CT molecular complexity index is 170. The molecule has 1 N–H and O–H groups in total. The third-order valence-electron chi connectivity index (χ3n) is 2.29. The lowest BCUT2D eigenvalue weighted by molar-refractivity contribution is -0.143. The number of carbonyl (C=O) groups excluding carboxylic acids is 1. The van der Waals surface area contributed by atoms with E-state index in [0.29, 0.717) is 19.1 Å². The summed E-state index contributed by atoms with van der Waals surface area (Å²) >= 11 is 2.01. The predicted molar refractivity (Wildman–Crippen MR) is 59.6 cm³/mol. The molecule has 0 radical (unpaired) electrons. The molecule has 0 bridgehead atoms. The molecule has 82 valence electrons. The van der Waals surface area contributed by atoms with Gasteiger partial charge in [-0.25, -0.2) is 0 Å². The van der Waals surface area contributed by atoms with Crippen LogP contribution in [0.2, 0.25) is 0 Å². The highest BCUT2D eigenvalue weighted by Gasteiger charge is 2.12. The van der Waals surface area contributed by atoms with Gasteiger partial charge in [0.1, 0.15) is 0 Å². The maximum atomic E-state index is 11.0. The molecule has 0 aromatic heterocycles. The third-order valence-corrected chi connectivity index (χ3v) is 3.34. The molecule has 0 atom stereocenters. The third kappa shape index (κ3) is 4.86. The molecular formula is C10H19NO2S. The van der Waals surface area contributed by atoms with Gasteiger partial charge in [0.05, 0.1) is 13.0 Å².